The highest BCUT2D eigenvalue weighted by Gasteiger charge is 2.39. The zero-order valence-corrected chi connectivity index (χ0v) is 16.4. The van der Waals surface area contributed by atoms with E-state index in [4.69, 9.17) is 11.6 Å². The van der Waals surface area contributed by atoms with Gasteiger partial charge in [-0.25, -0.2) is 9.18 Å². The van der Waals surface area contributed by atoms with Crippen molar-refractivity contribution in [3.8, 4) is 0 Å². The lowest BCUT2D eigenvalue weighted by Crippen LogP contribution is -2.52. The summed E-state index contributed by atoms with van der Waals surface area (Å²) < 4.78 is 13.3. The molecule has 1 atom stereocenters. The number of hydrogen-bond acceptors (Lipinski definition) is 2. The van der Waals surface area contributed by atoms with E-state index in [1.807, 2.05) is 37.3 Å². The van der Waals surface area contributed by atoms with Gasteiger partial charge in [0, 0.05) is 25.3 Å². The van der Waals surface area contributed by atoms with E-state index in [1.165, 1.54) is 18.2 Å². The molecule has 1 heterocycles. The largest absolute Gasteiger partial charge is 0.351 e. The van der Waals surface area contributed by atoms with Crippen LogP contribution >= 0.6 is 11.6 Å². The molecule has 1 fully saturated rings. The van der Waals surface area contributed by atoms with Crippen molar-refractivity contribution in [1.82, 2.24) is 10.2 Å². The number of amides is 3. The Balaban J connectivity index is 1.60. The first kappa shape index (κ1) is 20.1. The zero-order valence-electron chi connectivity index (χ0n) is 15.7. The van der Waals surface area contributed by atoms with Crippen molar-refractivity contribution in [2.75, 3.05) is 18.4 Å². The van der Waals surface area contributed by atoms with E-state index in [0.29, 0.717) is 31.7 Å². The van der Waals surface area contributed by atoms with Crippen LogP contribution in [0.5, 0.6) is 0 Å². The molecule has 2 N–H and O–H groups in total. The SMILES string of the molecule is C[C@]1(C(=O)NCc2ccccc2)CCCN(C(=O)Nc2ccc(F)c(Cl)c2)C1. The fourth-order valence-electron chi connectivity index (χ4n) is 3.37. The number of urea groups is 1. The Labute approximate surface area is 168 Å². The molecule has 3 amide bonds. The van der Waals surface area contributed by atoms with Crippen LogP contribution in [-0.4, -0.2) is 29.9 Å². The van der Waals surface area contributed by atoms with E-state index in [1.54, 1.807) is 4.90 Å². The van der Waals surface area contributed by atoms with Gasteiger partial charge in [0.1, 0.15) is 5.82 Å². The van der Waals surface area contributed by atoms with Gasteiger partial charge in [-0.15, -0.1) is 0 Å². The summed E-state index contributed by atoms with van der Waals surface area (Å²) >= 11 is 5.76. The number of carbonyl (C=O) groups is 2. The second kappa shape index (κ2) is 8.61. The molecule has 0 aromatic heterocycles. The Kier molecular flexibility index (Phi) is 6.19. The van der Waals surface area contributed by atoms with Gasteiger partial charge >= 0.3 is 6.03 Å². The van der Waals surface area contributed by atoms with Crippen molar-refractivity contribution < 1.29 is 14.0 Å². The van der Waals surface area contributed by atoms with Gasteiger partial charge in [0.2, 0.25) is 5.91 Å². The molecular weight excluding hydrogens is 381 g/mol. The standard InChI is InChI=1S/C21H23ClFN3O2/c1-21(19(27)24-13-15-6-3-2-4-7-15)10-5-11-26(14-21)20(28)25-16-8-9-18(23)17(22)12-16/h2-4,6-9,12H,5,10-11,13-14H2,1H3,(H,24,27)(H,25,28)/t21-/m0/s1. The van der Waals surface area contributed by atoms with Gasteiger partial charge in [0.15, 0.2) is 0 Å². The molecule has 7 heteroatoms. The van der Waals surface area contributed by atoms with Crippen LogP contribution < -0.4 is 10.6 Å². The number of nitrogens with zero attached hydrogens (tertiary/aromatic N) is 1. The lowest BCUT2D eigenvalue weighted by molar-refractivity contribution is -0.132. The van der Waals surface area contributed by atoms with Crippen LogP contribution in [0.25, 0.3) is 0 Å². The minimum absolute atomic E-state index is 0.0541. The van der Waals surface area contributed by atoms with Crippen molar-refractivity contribution in [2.45, 2.75) is 26.3 Å². The third-order valence-corrected chi connectivity index (χ3v) is 5.29. The van der Waals surface area contributed by atoms with Gasteiger partial charge in [0.25, 0.3) is 0 Å². The van der Waals surface area contributed by atoms with E-state index in [9.17, 15) is 14.0 Å². The highest BCUT2D eigenvalue weighted by Crippen LogP contribution is 2.30. The van der Waals surface area contributed by atoms with Crippen molar-refractivity contribution in [3.63, 3.8) is 0 Å². The average molecular weight is 404 g/mol. The Morgan fingerprint density at radius 3 is 2.68 bits per heavy atom. The van der Waals surface area contributed by atoms with Gasteiger partial charge in [-0.3, -0.25) is 4.79 Å². The average Bonchev–Trinajstić information content (AvgIpc) is 2.69. The molecule has 0 aliphatic carbocycles. The van der Waals surface area contributed by atoms with E-state index < -0.39 is 11.2 Å². The van der Waals surface area contributed by atoms with E-state index in [-0.39, 0.29) is 17.0 Å². The van der Waals surface area contributed by atoms with Crippen LogP contribution in [0.1, 0.15) is 25.3 Å². The minimum Gasteiger partial charge on any atom is -0.351 e. The summed E-state index contributed by atoms with van der Waals surface area (Å²) in [5.74, 6) is -0.612. The first-order chi connectivity index (χ1) is 13.4. The van der Waals surface area contributed by atoms with Gasteiger partial charge < -0.3 is 15.5 Å². The maximum absolute atomic E-state index is 13.3. The van der Waals surface area contributed by atoms with E-state index in [2.05, 4.69) is 10.6 Å². The third-order valence-electron chi connectivity index (χ3n) is 5.00. The molecule has 1 aliphatic rings. The van der Waals surface area contributed by atoms with E-state index >= 15 is 0 Å². The Hall–Kier alpha value is -2.60. The number of piperidine rings is 1. The van der Waals surface area contributed by atoms with Crippen molar-refractivity contribution in [1.29, 1.82) is 0 Å². The normalized spacial score (nSPS) is 19.2. The van der Waals surface area contributed by atoms with Crippen LogP contribution in [0.4, 0.5) is 14.9 Å². The lowest BCUT2D eigenvalue weighted by Gasteiger charge is -2.39. The lowest BCUT2D eigenvalue weighted by atomic mass is 9.81. The van der Waals surface area contributed by atoms with Crippen LogP contribution in [0, 0.1) is 11.2 Å². The summed E-state index contributed by atoms with van der Waals surface area (Å²) in [7, 11) is 0. The fraction of sp³-hybridized carbons (Fsp3) is 0.333. The summed E-state index contributed by atoms with van der Waals surface area (Å²) in [6, 6.07) is 13.4. The molecule has 28 heavy (non-hydrogen) atoms. The molecule has 0 unspecified atom stereocenters. The van der Waals surface area contributed by atoms with E-state index in [0.717, 1.165) is 12.0 Å². The third kappa shape index (κ3) is 4.81. The summed E-state index contributed by atoms with van der Waals surface area (Å²) in [5, 5.41) is 5.64. The summed E-state index contributed by atoms with van der Waals surface area (Å²) in [6.07, 6.45) is 1.44. The van der Waals surface area contributed by atoms with Crippen LogP contribution in [0.15, 0.2) is 48.5 Å². The molecule has 0 bridgehead atoms. The summed E-state index contributed by atoms with van der Waals surface area (Å²) in [4.78, 5) is 27.0. The number of hydrogen-bond donors (Lipinski definition) is 2. The molecule has 2 aromatic carbocycles. The van der Waals surface area contributed by atoms with Crippen LogP contribution in [-0.2, 0) is 11.3 Å². The minimum atomic E-state index is -0.662. The smallest absolute Gasteiger partial charge is 0.321 e. The Morgan fingerprint density at radius 1 is 1.21 bits per heavy atom. The van der Waals surface area contributed by atoms with Gasteiger partial charge in [-0.05, 0) is 43.5 Å². The first-order valence-corrected chi connectivity index (χ1v) is 9.58. The quantitative estimate of drug-likeness (QED) is 0.793. The molecule has 0 radical (unpaired) electrons. The predicted molar refractivity (Wildman–Crippen MR) is 108 cm³/mol. The Morgan fingerprint density at radius 2 is 1.96 bits per heavy atom. The van der Waals surface area contributed by atoms with Crippen LogP contribution in [0.3, 0.4) is 0 Å². The van der Waals surface area contributed by atoms with Crippen molar-refractivity contribution in [3.05, 3.63) is 64.9 Å². The molecule has 5 nitrogen and oxygen atoms in total. The highest BCUT2D eigenvalue weighted by molar-refractivity contribution is 6.31. The zero-order chi connectivity index (χ0) is 20.1. The number of carbonyl (C=O) groups excluding carboxylic acids is 2. The maximum atomic E-state index is 13.3. The molecule has 0 spiro atoms. The molecule has 2 aromatic rings. The molecule has 148 valence electrons. The Bertz CT molecular complexity index is 862. The van der Waals surface area contributed by atoms with Gasteiger partial charge in [-0.1, -0.05) is 41.9 Å². The second-order valence-electron chi connectivity index (χ2n) is 7.31. The molecule has 1 aliphatic heterocycles. The molecular formula is C21H23ClFN3O2. The molecule has 1 saturated heterocycles. The molecule has 3 rings (SSSR count). The van der Waals surface area contributed by atoms with Crippen LogP contribution in [0.2, 0.25) is 5.02 Å². The van der Waals surface area contributed by atoms with Gasteiger partial charge in [0.05, 0.1) is 10.4 Å². The number of anilines is 1. The second-order valence-corrected chi connectivity index (χ2v) is 7.72. The monoisotopic (exact) mass is 403 g/mol. The number of rotatable bonds is 4. The number of nitrogens with one attached hydrogen (secondary N) is 2. The van der Waals surface area contributed by atoms with Gasteiger partial charge in [-0.2, -0.15) is 0 Å². The highest BCUT2D eigenvalue weighted by atomic mass is 35.5. The predicted octanol–water partition coefficient (Wildman–Crippen LogP) is 4.43. The number of likely N-dealkylation sites (tertiary alicyclic amines) is 1. The maximum Gasteiger partial charge on any atom is 0.321 e. The summed E-state index contributed by atoms with van der Waals surface area (Å²) in [6.45, 7) is 3.20. The number of benzene rings is 2. The van der Waals surface area contributed by atoms with Crippen molar-refractivity contribution in [2.24, 2.45) is 5.41 Å². The first-order valence-electron chi connectivity index (χ1n) is 9.21. The number of halogens is 2. The molecule has 0 saturated carbocycles. The van der Waals surface area contributed by atoms with Crippen molar-refractivity contribution >= 4 is 29.2 Å². The summed E-state index contributed by atoms with van der Waals surface area (Å²) in [5.41, 5.74) is 0.778. The fourth-order valence-corrected chi connectivity index (χ4v) is 3.55. The topological polar surface area (TPSA) is 61.4 Å².